The zero-order chi connectivity index (χ0) is 20.6. The highest BCUT2D eigenvalue weighted by atomic mass is 35.5. The molecule has 0 rings (SSSR count). The summed E-state index contributed by atoms with van der Waals surface area (Å²) in [6, 6.07) is 0. The number of esters is 1. The Kier molecular flexibility index (Phi) is 19.6. The van der Waals surface area contributed by atoms with Gasteiger partial charge in [-0.25, -0.2) is 9.59 Å². The highest BCUT2D eigenvalue weighted by molar-refractivity contribution is 7.99. The van der Waals surface area contributed by atoms with Gasteiger partial charge in [-0.3, -0.25) is 10.2 Å². The monoisotopic (exact) mass is 427 g/mol. The van der Waals surface area contributed by atoms with Crippen molar-refractivity contribution in [3.63, 3.8) is 0 Å². The fraction of sp³-hybridized carbons (Fsp3) is 0.625. The van der Waals surface area contributed by atoms with Gasteiger partial charge in [0.25, 0.3) is 0 Å². The second-order valence-electron chi connectivity index (χ2n) is 5.52. The molecule has 0 aromatic carbocycles. The van der Waals surface area contributed by atoms with E-state index in [9.17, 15) is 14.4 Å². The van der Waals surface area contributed by atoms with E-state index in [1.54, 1.807) is 25.6 Å². The van der Waals surface area contributed by atoms with Crippen molar-refractivity contribution in [2.75, 3.05) is 24.7 Å². The van der Waals surface area contributed by atoms with Gasteiger partial charge in [0, 0.05) is 30.2 Å². The number of halogens is 1. The number of nitrogens with two attached hydrogens (primary N) is 1. The van der Waals surface area contributed by atoms with Gasteiger partial charge in [0.1, 0.15) is 5.54 Å². The van der Waals surface area contributed by atoms with Crippen LogP contribution in [0.15, 0.2) is 12.2 Å². The predicted molar refractivity (Wildman–Crippen MR) is 109 cm³/mol. The van der Waals surface area contributed by atoms with E-state index in [1.165, 1.54) is 0 Å². The smallest absolute Gasteiger partial charge is 0.328 e. The molecule has 158 valence electrons. The van der Waals surface area contributed by atoms with Crippen LogP contribution >= 0.6 is 24.2 Å². The average Bonchev–Trinajstić information content (AvgIpc) is 2.53. The Morgan fingerprint density at radius 2 is 1.78 bits per heavy atom. The number of ether oxygens (including phenoxy) is 1. The van der Waals surface area contributed by atoms with Gasteiger partial charge in [-0.2, -0.15) is 11.8 Å². The van der Waals surface area contributed by atoms with E-state index < -0.39 is 17.5 Å². The Morgan fingerprint density at radius 3 is 2.19 bits per heavy atom. The number of amidine groups is 1. The minimum absolute atomic E-state index is 0. The summed E-state index contributed by atoms with van der Waals surface area (Å²) in [4.78, 5) is 30.8. The van der Waals surface area contributed by atoms with Crippen LogP contribution in [0.25, 0.3) is 0 Å². The average molecular weight is 428 g/mol. The van der Waals surface area contributed by atoms with E-state index >= 15 is 0 Å². The van der Waals surface area contributed by atoms with Gasteiger partial charge in [0.05, 0.1) is 12.4 Å². The molecule has 0 heterocycles. The molecule has 0 bridgehead atoms. The van der Waals surface area contributed by atoms with Crippen molar-refractivity contribution in [2.45, 2.75) is 39.2 Å². The Balaban J connectivity index is -0.000000542. The number of carbonyl (C=O) groups excluding carboxylic acids is 1. The van der Waals surface area contributed by atoms with E-state index in [0.29, 0.717) is 36.9 Å². The zero-order valence-corrected chi connectivity index (χ0v) is 17.5. The number of carboxylic acid groups (broad SMARTS) is 2. The lowest BCUT2D eigenvalue weighted by molar-refractivity contribution is -0.148. The van der Waals surface area contributed by atoms with E-state index in [1.807, 2.05) is 6.92 Å². The lowest BCUT2D eigenvalue weighted by Crippen LogP contribution is -2.48. The molecule has 0 saturated heterocycles. The maximum atomic E-state index is 11.7. The first kappa shape index (κ1) is 30.0. The molecule has 6 N–H and O–H groups in total. The van der Waals surface area contributed by atoms with E-state index in [4.69, 9.17) is 26.1 Å². The molecular formula is C16H30ClN3O6S. The third-order valence-electron chi connectivity index (χ3n) is 2.60. The summed E-state index contributed by atoms with van der Waals surface area (Å²) in [5.74, 6) is -1.06. The van der Waals surface area contributed by atoms with Crippen LogP contribution in [0.2, 0.25) is 0 Å². The molecule has 27 heavy (non-hydrogen) atoms. The van der Waals surface area contributed by atoms with E-state index in [0.717, 1.165) is 18.6 Å². The molecule has 0 aliphatic carbocycles. The van der Waals surface area contributed by atoms with Crippen LogP contribution in [0, 0.1) is 5.41 Å². The molecule has 0 fully saturated rings. The molecule has 0 radical (unpaired) electrons. The fourth-order valence-electron chi connectivity index (χ4n) is 1.27. The van der Waals surface area contributed by atoms with Gasteiger partial charge >= 0.3 is 17.9 Å². The van der Waals surface area contributed by atoms with Crippen LogP contribution in [-0.4, -0.2) is 64.2 Å². The first-order chi connectivity index (χ1) is 12.0. The van der Waals surface area contributed by atoms with Gasteiger partial charge < -0.3 is 26.0 Å². The second kappa shape index (κ2) is 17.6. The number of carboxylic acids is 2. The maximum absolute atomic E-state index is 11.7. The van der Waals surface area contributed by atoms with Gasteiger partial charge in [-0.05, 0) is 20.3 Å². The second-order valence-corrected chi connectivity index (χ2v) is 6.63. The molecule has 11 heteroatoms. The van der Waals surface area contributed by atoms with Crippen LogP contribution in [0.4, 0.5) is 0 Å². The number of rotatable bonds is 11. The zero-order valence-electron chi connectivity index (χ0n) is 15.8. The Bertz CT molecular complexity index is 485. The molecule has 0 aromatic rings. The van der Waals surface area contributed by atoms with E-state index in [-0.39, 0.29) is 18.4 Å². The topological polar surface area (TPSA) is 163 Å². The van der Waals surface area contributed by atoms with Crippen LogP contribution < -0.4 is 11.1 Å². The number of nitrogens with one attached hydrogen (secondary N) is 2. The normalized spacial score (nSPS) is 12.0. The molecule has 0 amide bonds. The highest BCUT2D eigenvalue weighted by Crippen LogP contribution is 2.12. The first-order valence-corrected chi connectivity index (χ1v) is 9.15. The number of thioether (sulfide) groups is 1. The van der Waals surface area contributed by atoms with Crippen molar-refractivity contribution >= 4 is 47.9 Å². The van der Waals surface area contributed by atoms with Crippen LogP contribution in [0.3, 0.4) is 0 Å². The standard InChI is InChI=1S/C12H25N3O2S.C4H4O4.ClH/c1-4-5-7-17-11(16)12(3,14)9-18-8-6-15-10(2)13;5-3(6)1-2-4(7)8;/h4-9,14H2,1-3H3,(H2,13,15);1-2H,(H,5,6)(H,7,8);1H/b;2-1-;/t12-;;/m0../s1. The summed E-state index contributed by atoms with van der Waals surface area (Å²) in [5, 5.41) is 25.7. The van der Waals surface area contributed by atoms with Crippen molar-refractivity contribution in [3.05, 3.63) is 12.2 Å². The van der Waals surface area contributed by atoms with Crippen molar-refractivity contribution in [1.82, 2.24) is 5.32 Å². The lowest BCUT2D eigenvalue weighted by atomic mass is 10.1. The highest BCUT2D eigenvalue weighted by Gasteiger charge is 2.29. The molecular weight excluding hydrogens is 398 g/mol. The molecule has 0 aliphatic heterocycles. The number of hydrogen-bond donors (Lipinski definition) is 5. The molecule has 0 aromatic heterocycles. The summed E-state index contributed by atoms with van der Waals surface area (Å²) in [5.41, 5.74) is 4.99. The van der Waals surface area contributed by atoms with Crippen molar-refractivity contribution < 1.29 is 29.3 Å². The fourth-order valence-corrected chi connectivity index (χ4v) is 2.20. The van der Waals surface area contributed by atoms with Crippen molar-refractivity contribution in [2.24, 2.45) is 5.73 Å². The molecule has 0 aliphatic rings. The summed E-state index contributed by atoms with van der Waals surface area (Å²) in [6.07, 6.45) is 2.99. The van der Waals surface area contributed by atoms with Crippen LogP contribution in [-0.2, 0) is 19.1 Å². The third kappa shape index (κ3) is 22.2. The van der Waals surface area contributed by atoms with E-state index in [2.05, 4.69) is 5.32 Å². The minimum Gasteiger partial charge on any atom is -0.478 e. The van der Waals surface area contributed by atoms with Crippen molar-refractivity contribution in [3.8, 4) is 0 Å². The van der Waals surface area contributed by atoms with Gasteiger partial charge in [0.2, 0.25) is 0 Å². The quantitative estimate of drug-likeness (QED) is 0.108. The summed E-state index contributed by atoms with van der Waals surface area (Å²) < 4.78 is 5.12. The molecule has 1 atom stereocenters. The summed E-state index contributed by atoms with van der Waals surface area (Å²) >= 11 is 1.58. The number of hydrogen-bond acceptors (Lipinski definition) is 7. The Hall–Kier alpha value is -1.78. The first-order valence-electron chi connectivity index (χ1n) is 7.99. The summed E-state index contributed by atoms with van der Waals surface area (Å²) in [7, 11) is 0. The van der Waals surface area contributed by atoms with Gasteiger partial charge in [-0.15, -0.1) is 12.4 Å². The van der Waals surface area contributed by atoms with Crippen LogP contribution in [0.1, 0.15) is 33.6 Å². The van der Waals surface area contributed by atoms with Gasteiger partial charge in [-0.1, -0.05) is 13.3 Å². The number of aliphatic carboxylic acids is 2. The lowest BCUT2D eigenvalue weighted by Gasteiger charge is -2.22. The molecule has 9 nitrogen and oxygen atoms in total. The minimum atomic E-state index is -1.26. The molecule has 0 spiro atoms. The SMILES string of the molecule is CCCCOC(=O)[C@@](C)(N)CSCCNC(C)=N.Cl.O=C(O)/C=C\C(=O)O. The third-order valence-corrected chi connectivity index (χ3v) is 3.90. The predicted octanol–water partition coefficient (Wildman–Crippen LogP) is 1.50. The summed E-state index contributed by atoms with van der Waals surface area (Å²) in [6.45, 7) is 6.60. The number of carbonyl (C=O) groups is 3. The van der Waals surface area contributed by atoms with Gasteiger partial charge in [0.15, 0.2) is 0 Å². The largest absolute Gasteiger partial charge is 0.478 e. The number of unbranched alkanes of at least 4 members (excludes halogenated alkanes) is 1. The van der Waals surface area contributed by atoms with Crippen LogP contribution in [0.5, 0.6) is 0 Å². The molecule has 0 saturated carbocycles. The maximum Gasteiger partial charge on any atom is 0.328 e. The van der Waals surface area contributed by atoms with Crippen molar-refractivity contribution in [1.29, 1.82) is 5.41 Å². The molecule has 0 unspecified atom stereocenters. The Labute approximate surface area is 170 Å². The Morgan fingerprint density at radius 1 is 1.26 bits per heavy atom.